The molecular formula is C46H36Cl4F6N8O6. The molecular weight excluding hydrogens is 1020 g/mol. The van der Waals surface area contributed by atoms with Gasteiger partial charge in [-0.05, 0) is 123 Å². The minimum Gasteiger partial charge on any atom is -0.324 e. The average molecular weight is 1050 g/mol. The van der Waals surface area contributed by atoms with E-state index in [0.29, 0.717) is 23.3 Å². The molecule has 0 aliphatic rings. The molecule has 5 rings (SSSR count). The molecule has 14 nitrogen and oxygen atoms in total. The summed E-state index contributed by atoms with van der Waals surface area (Å²) < 4.78 is 78.8. The molecule has 0 radical (unpaired) electrons. The third kappa shape index (κ3) is 13.7. The van der Waals surface area contributed by atoms with Gasteiger partial charge in [0.1, 0.15) is 11.4 Å². The molecule has 4 amide bonds. The Morgan fingerprint density at radius 2 is 0.886 bits per heavy atom. The molecule has 0 bridgehead atoms. The van der Waals surface area contributed by atoms with Crippen molar-refractivity contribution in [3.8, 4) is 0 Å². The number of ketones is 2. The van der Waals surface area contributed by atoms with Gasteiger partial charge >= 0.3 is 12.4 Å². The number of anilines is 4. The minimum atomic E-state index is -4.71. The third-order valence-corrected chi connectivity index (χ3v) is 11.2. The molecule has 2 unspecified atom stereocenters. The topological polar surface area (TPSA) is 200 Å². The lowest BCUT2D eigenvalue weighted by atomic mass is 10.0. The van der Waals surface area contributed by atoms with E-state index >= 15 is 0 Å². The Bertz CT molecular complexity index is 2940. The van der Waals surface area contributed by atoms with Crippen LogP contribution in [0.5, 0.6) is 0 Å². The van der Waals surface area contributed by atoms with Gasteiger partial charge < -0.3 is 21.3 Å². The molecule has 2 atom stereocenters. The quantitative estimate of drug-likeness (QED) is 0.0430. The summed E-state index contributed by atoms with van der Waals surface area (Å²) in [5.74, 6) is -4.84. The summed E-state index contributed by atoms with van der Waals surface area (Å²) in [6.07, 6.45) is -8.85. The summed E-state index contributed by atoms with van der Waals surface area (Å²) in [7, 11) is 0. The van der Waals surface area contributed by atoms with E-state index in [2.05, 4.69) is 41.7 Å². The third-order valence-electron chi connectivity index (χ3n) is 9.89. The van der Waals surface area contributed by atoms with E-state index in [1.54, 1.807) is 13.8 Å². The van der Waals surface area contributed by atoms with Crippen molar-refractivity contribution in [3.05, 3.63) is 138 Å². The summed E-state index contributed by atoms with van der Waals surface area (Å²) in [4.78, 5) is 78.6. The second kappa shape index (κ2) is 22.8. The maximum Gasteiger partial charge on any atom is 0.417 e. The van der Waals surface area contributed by atoms with Crippen molar-refractivity contribution >= 4 is 116 Å². The van der Waals surface area contributed by atoms with Gasteiger partial charge in [0, 0.05) is 33.9 Å². The lowest BCUT2D eigenvalue weighted by Crippen LogP contribution is -2.33. The Hall–Kier alpha value is -6.74. The van der Waals surface area contributed by atoms with E-state index in [1.807, 2.05) is 0 Å². The van der Waals surface area contributed by atoms with E-state index in [4.69, 9.17) is 46.4 Å². The van der Waals surface area contributed by atoms with Gasteiger partial charge in [-0.15, -0.1) is 0 Å². The first-order valence-corrected chi connectivity index (χ1v) is 21.9. The standard InChI is InChI=1S/C46H36Cl4F6N8O6/c1-5-23-15-29(59-43(69)38(21(3)65)63-61-36-17-25(7-13-32(36)47)41(67)57-27-9-11-30(34(49)19-27)45(51,52)53)16-24(6-2)40(23)60-44(70)39(22(4)66)64-62-37-18-26(8-14-33(37)48)42(68)58-28-10-12-31(35(50)20-28)46(54,55)56/h7-20,38-39H,5-6H2,1-4H3,(H,57,67)(H,58,68)(H,59,69)(H,60,70). The van der Waals surface area contributed by atoms with Gasteiger partial charge in [-0.3, -0.25) is 28.8 Å². The number of carbonyl (C=O) groups is 6. The lowest BCUT2D eigenvalue weighted by Gasteiger charge is -2.19. The van der Waals surface area contributed by atoms with Gasteiger partial charge in [0.2, 0.25) is 12.1 Å². The second-order valence-corrected chi connectivity index (χ2v) is 16.6. The first-order valence-electron chi connectivity index (χ1n) is 20.4. The highest BCUT2D eigenvalue weighted by molar-refractivity contribution is 6.34. The van der Waals surface area contributed by atoms with Crippen LogP contribution < -0.4 is 21.3 Å². The number of benzene rings is 5. The summed E-state index contributed by atoms with van der Waals surface area (Å²) in [5, 5.41) is 24.6. The number of carbonyl (C=O) groups excluding carboxylic acids is 6. The van der Waals surface area contributed by atoms with Gasteiger partial charge in [-0.25, -0.2) is 0 Å². The molecule has 366 valence electrons. The molecule has 0 saturated carbocycles. The second-order valence-electron chi connectivity index (χ2n) is 14.9. The van der Waals surface area contributed by atoms with Crippen molar-refractivity contribution in [1.29, 1.82) is 0 Å². The fraction of sp³-hybridized carbons (Fsp3) is 0.217. The lowest BCUT2D eigenvalue weighted by molar-refractivity contribution is -0.138. The Morgan fingerprint density at radius 1 is 0.500 bits per heavy atom. The zero-order valence-electron chi connectivity index (χ0n) is 36.7. The van der Waals surface area contributed by atoms with Gasteiger partial charge in [-0.2, -0.15) is 46.8 Å². The number of halogens is 10. The van der Waals surface area contributed by atoms with E-state index in [9.17, 15) is 55.1 Å². The Kier molecular flexibility index (Phi) is 17.6. The Labute approximate surface area is 414 Å². The number of rotatable bonds is 16. The van der Waals surface area contributed by atoms with Gasteiger partial charge in [0.05, 0.1) is 31.2 Å². The zero-order valence-corrected chi connectivity index (χ0v) is 39.7. The molecule has 24 heteroatoms. The number of hydrogen-bond donors (Lipinski definition) is 4. The maximum atomic E-state index is 13.7. The van der Waals surface area contributed by atoms with Crippen LogP contribution in [-0.4, -0.2) is 47.3 Å². The van der Waals surface area contributed by atoms with Crippen LogP contribution in [0.4, 0.5) is 60.5 Å². The van der Waals surface area contributed by atoms with Crippen LogP contribution in [0.2, 0.25) is 20.1 Å². The molecule has 0 saturated heterocycles. The monoisotopic (exact) mass is 1050 g/mol. The highest BCUT2D eigenvalue weighted by Gasteiger charge is 2.34. The molecule has 0 fully saturated rings. The highest BCUT2D eigenvalue weighted by Crippen LogP contribution is 2.38. The number of aryl methyl sites for hydroxylation is 2. The SMILES string of the molecule is CCc1cc(NC(=O)C(N=Nc2cc(C(=O)Nc3ccc(C(F)(F)F)c(Cl)c3)ccc2Cl)C(C)=O)cc(CC)c1NC(=O)C(N=Nc1cc(C(=O)Nc2ccc(C(F)(F)F)c(Cl)c2)ccc1Cl)C(C)=O. The molecule has 0 spiro atoms. The number of alkyl halides is 6. The normalized spacial score (nSPS) is 12.7. The predicted molar refractivity (Wildman–Crippen MR) is 252 cm³/mol. The molecule has 4 N–H and O–H groups in total. The van der Waals surface area contributed by atoms with Crippen LogP contribution >= 0.6 is 46.4 Å². The first-order chi connectivity index (χ1) is 32.8. The fourth-order valence-corrected chi connectivity index (χ4v) is 7.24. The first kappa shape index (κ1) is 54.2. The van der Waals surface area contributed by atoms with Crippen LogP contribution in [0.15, 0.2) is 105 Å². The molecule has 0 aliphatic heterocycles. The van der Waals surface area contributed by atoms with Crippen molar-refractivity contribution in [3.63, 3.8) is 0 Å². The summed E-state index contributed by atoms with van der Waals surface area (Å²) >= 11 is 24.1. The summed E-state index contributed by atoms with van der Waals surface area (Å²) in [6, 6.07) is 12.4. The Balaban J connectivity index is 1.30. The number of amides is 4. The molecule has 0 heterocycles. The van der Waals surface area contributed by atoms with Crippen molar-refractivity contribution in [2.45, 2.75) is 65.0 Å². The van der Waals surface area contributed by atoms with E-state index in [0.717, 1.165) is 38.1 Å². The van der Waals surface area contributed by atoms with Crippen LogP contribution in [0.3, 0.4) is 0 Å². The largest absolute Gasteiger partial charge is 0.417 e. The van der Waals surface area contributed by atoms with Crippen LogP contribution in [-0.2, 0) is 44.4 Å². The van der Waals surface area contributed by atoms with Gasteiger partial charge in [0.25, 0.3) is 23.6 Å². The number of hydrogen-bond acceptors (Lipinski definition) is 10. The van der Waals surface area contributed by atoms with E-state index < -0.39 is 80.8 Å². The Morgan fingerprint density at radius 3 is 1.23 bits per heavy atom. The van der Waals surface area contributed by atoms with Crippen molar-refractivity contribution in [2.75, 3.05) is 21.3 Å². The molecule has 0 aromatic heterocycles. The van der Waals surface area contributed by atoms with Crippen molar-refractivity contribution in [2.24, 2.45) is 20.5 Å². The van der Waals surface area contributed by atoms with Gasteiger partial charge in [-0.1, -0.05) is 60.3 Å². The molecule has 70 heavy (non-hydrogen) atoms. The van der Waals surface area contributed by atoms with Crippen molar-refractivity contribution < 1.29 is 55.1 Å². The highest BCUT2D eigenvalue weighted by atomic mass is 35.5. The number of nitrogens with one attached hydrogen (secondary N) is 4. The van der Waals surface area contributed by atoms with Crippen molar-refractivity contribution in [1.82, 2.24) is 0 Å². The van der Waals surface area contributed by atoms with E-state index in [-0.39, 0.29) is 68.1 Å². The van der Waals surface area contributed by atoms with Crippen LogP contribution in [0, 0.1) is 0 Å². The molecule has 5 aromatic rings. The zero-order chi connectivity index (χ0) is 51.8. The smallest absolute Gasteiger partial charge is 0.324 e. The average Bonchev–Trinajstić information content (AvgIpc) is 3.26. The summed E-state index contributed by atoms with van der Waals surface area (Å²) in [5.41, 5.74) is -1.20. The van der Waals surface area contributed by atoms with Gasteiger partial charge in [0.15, 0.2) is 11.6 Å². The predicted octanol–water partition coefficient (Wildman–Crippen LogP) is 13.3. The van der Waals surface area contributed by atoms with Crippen LogP contribution in [0.25, 0.3) is 0 Å². The van der Waals surface area contributed by atoms with Crippen LogP contribution in [0.1, 0.15) is 70.7 Å². The number of Topliss-reactive ketones (excluding diaryl/α,β-unsaturated/α-hetero) is 2. The maximum absolute atomic E-state index is 13.7. The molecule has 5 aromatic carbocycles. The minimum absolute atomic E-state index is 0.0284. The number of azo groups is 2. The summed E-state index contributed by atoms with van der Waals surface area (Å²) in [6.45, 7) is 5.68. The van der Waals surface area contributed by atoms with E-state index in [1.165, 1.54) is 48.5 Å². The fourth-order valence-electron chi connectivity index (χ4n) is 6.35. The number of nitrogens with zero attached hydrogens (tertiary/aromatic N) is 4. The molecule has 0 aliphatic carbocycles.